The lowest BCUT2D eigenvalue weighted by Gasteiger charge is -2.26. The van der Waals surface area contributed by atoms with Crippen LogP contribution in [0.25, 0.3) is 0 Å². The Kier molecular flexibility index (Phi) is 5.19. The minimum atomic E-state index is 0.551. The second-order valence-corrected chi connectivity index (χ2v) is 4.42. The van der Waals surface area contributed by atoms with Crippen LogP contribution in [0.5, 0.6) is 0 Å². The van der Waals surface area contributed by atoms with Gasteiger partial charge in [-0.15, -0.1) is 0 Å². The van der Waals surface area contributed by atoms with Crippen LogP contribution in [0, 0.1) is 12.8 Å². The fourth-order valence-electron chi connectivity index (χ4n) is 1.98. The van der Waals surface area contributed by atoms with Crippen LogP contribution in [0.4, 0.5) is 11.6 Å². The van der Waals surface area contributed by atoms with Gasteiger partial charge < -0.3 is 10.6 Å². The number of aromatic nitrogens is 2. The highest BCUT2D eigenvalue weighted by atomic mass is 15.2. The lowest BCUT2D eigenvalue weighted by molar-refractivity contribution is 0.484. The molecule has 0 atom stereocenters. The third kappa shape index (κ3) is 3.88. The normalized spacial score (nSPS) is 10.9. The van der Waals surface area contributed by atoms with Gasteiger partial charge in [-0.25, -0.2) is 9.97 Å². The monoisotopic (exact) mass is 236 g/mol. The highest BCUT2D eigenvalue weighted by Gasteiger charge is 2.12. The molecule has 0 saturated heterocycles. The summed E-state index contributed by atoms with van der Waals surface area (Å²) >= 11 is 0. The molecule has 4 nitrogen and oxygen atoms in total. The second-order valence-electron chi connectivity index (χ2n) is 4.42. The lowest BCUT2D eigenvalue weighted by atomic mass is 10.0. The summed E-state index contributed by atoms with van der Waals surface area (Å²) in [5.41, 5.74) is 5.77. The third-order valence-electron chi connectivity index (χ3n) is 3.18. The molecule has 4 heteroatoms. The van der Waals surface area contributed by atoms with Crippen LogP contribution in [0.15, 0.2) is 6.07 Å². The molecule has 0 aliphatic carbocycles. The average molecular weight is 236 g/mol. The molecule has 0 bridgehead atoms. The quantitative estimate of drug-likeness (QED) is 0.825. The molecule has 0 fully saturated rings. The van der Waals surface area contributed by atoms with Gasteiger partial charge in [0, 0.05) is 19.2 Å². The summed E-state index contributed by atoms with van der Waals surface area (Å²) < 4.78 is 0. The summed E-state index contributed by atoms with van der Waals surface area (Å²) in [7, 11) is 0. The number of aryl methyl sites for hydroxylation is 1. The lowest BCUT2D eigenvalue weighted by Crippen LogP contribution is -2.30. The van der Waals surface area contributed by atoms with Crippen molar-refractivity contribution in [2.75, 3.05) is 23.7 Å². The van der Waals surface area contributed by atoms with Gasteiger partial charge in [-0.3, -0.25) is 0 Å². The van der Waals surface area contributed by atoms with Crippen LogP contribution < -0.4 is 10.6 Å². The maximum absolute atomic E-state index is 5.77. The first-order valence-electron chi connectivity index (χ1n) is 6.46. The van der Waals surface area contributed by atoms with Gasteiger partial charge in [0.2, 0.25) is 0 Å². The number of anilines is 2. The molecule has 1 heterocycles. The number of hydrogen-bond acceptors (Lipinski definition) is 4. The van der Waals surface area contributed by atoms with Crippen molar-refractivity contribution in [2.24, 2.45) is 5.92 Å². The minimum absolute atomic E-state index is 0.551. The zero-order valence-corrected chi connectivity index (χ0v) is 11.4. The Hall–Kier alpha value is -1.32. The summed E-state index contributed by atoms with van der Waals surface area (Å²) in [6.45, 7) is 10.5. The van der Waals surface area contributed by atoms with Crippen LogP contribution in [0.2, 0.25) is 0 Å². The van der Waals surface area contributed by atoms with Crippen LogP contribution >= 0.6 is 0 Å². The van der Waals surface area contributed by atoms with Gasteiger partial charge in [0.05, 0.1) is 0 Å². The van der Waals surface area contributed by atoms with Gasteiger partial charge in [-0.1, -0.05) is 26.7 Å². The van der Waals surface area contributed by atoms with E-state index in [-0.39, 0.29) is 0 Å². The Morgan fingerprint density at radius 3 is 2.35 bits per heavy atom. The summed E-state index contributed by atoms with van der Waals surface area (Å²) in [6.07, 6.45) is 2.40. The molecule has 0 saturated carbocycles. The van der Waals surface area contributed by atoms with Gasteiger partial charge >= 0.3 is 0 Å². The SMILES string of the molecule is CCC(CC)CN(CC)c1cc(N)nc(C)n1. The van der Waals surface area contributed by atoms with E-state index in [0.29, 0.717) is 11.7 Å². The van der Waals surface area contributed by atoms with Gasteiger partial charge in [-0.05, 0) is 19.8 Å². The van der Waals surface area contributed by atoms with Crippen molar-refractivity contribution in [2.45, 2.75) is 40.5 Å². The number of nitrogens with two attached hydrogens (primary N) is 1. The fourth-order valence-corrected chi connectivity index (χ4v) is 1.98. The zero-order valence-electron chi connectivity index (χ0n) is 11.4. The predicted molar refractivity (Wildman–Crippen MR) is 73.1 cm³/mol. The highest BCUT2D eigenvalue weighted by molar-refractivity contribution is 5.46. The second kappa shape index (κ2) is 6.42. The topological polar surface area (TPSA) is 55.0 Å². The maximum atomic E-state index is 5.77. The van der Waals surface area contributed by atoms with E-state index in [1.807, 2.05) is 13.0 Å². The molecule has 1 aromatic heterocycles. The van der Waals surface area contributed by atoms with E-state index in [2.05, 4.69) is 35.6 Å². The van der Waals surface area contributed by atoms with Gasteiger partial charge in [0.15, 0.2) is 0 Å². The van der Waals surface area contributed by atoms with Crippen molar-refractivity contribution in [1.82, 2.24) is 9.97 Å². The van der Waals surface area contributed by atoms with E-state index < -0.39 is 0 Å². The molecule has 2 N–H and O–H groups in total. The first-order valence-corrected chi connectivity index (χ1v) is 6.46. The van der Waals surface area contributed by atoms with Gasteiger partial charge in [0.25, 0.3) is 0 Å². The molecular weight excluding hydrogens is 212 g/mol. The predicted octanol–water partition coefficient (Wildman–Crippen LogP) is 2.63. The molecular formula is C13H24N4. The van der Waals surface area contributed by atoms with Crippen molar-refractivity contribution >= 4 is 11.6 Å². The van der Waals surface area contributed by atoms with Gasteiger partial charge in [0.1, 0.15) is 17.5 Å². The van der Waals surface area contributed by atoms with Crippen molar-refractivity contribution in [3.8, 4) is 0 Å². The van der Waals surface area contributed by atoms with Crippen LogP contribution in [0.1, 0.15) is 39.4 Å². The molecule has 0 radical (unpaired) electrons. The fraction of sp³-hybridized carbons (Fsp3) is 0.692. The van der Waals surface area contributed by atoms with E-state index >= 15 is 0 Å². The highest BCUT2D eigenvalue weighted by Crippen LogP contribution is 2.18. The molecule has 0 aromatic carbocycles. The Morgan fingerprint density at radius 1 is 1.24 bits per heavy atom. The third-order valence-corrected chi connectivity index (χ3v) is 3.18. The molecule has 96 valence electrons. The molecule has 0 spiro atoms. The van der Waals surface area contributed by atoms with E-state index in [9.17, 15) is 0 Å². The number of nitrogen functional groups attached to an aromatic ring is 1. The minimum Gasteiger partial charge on any atom is -0.384 e. The molecule has 1 aromatic rings. The Balaban J connectivity index is 2.85. The van der Waals surface area contributed by atoms with E-state index in [1.54, 1.807) is 0 Å². The Morgan fingerprint density at radius 2 is 1.88 bits per heavy atom. The van der Waals surface area contributed by atoms with Crippen LogP contribution in [-0.2, 0) is 0 Å². The standard InChI is InChI=1S/C13H24N4/c1-5-11(6-2)9-17(7-3)13-8-12(14)15-10(4)16-13/h8,11H,5-7,9H2,1-4H3,(H2,14,15,16). The maximum Gasteiger partial charge on any atom is 0.134 e. The van der Waals surface area contributed by atoms with Crippen LogP contribution in [0.3, 0.4) is 0 Å². The van der Waals surface area contributed by atoms with E-state index in [1.165, 1.54) is 12.8 Å². The number of hydrogen-bond donors (Lipinski definition) is 1. The van der Waals surface area contributed by atoms with Crippen molar-refractivity contribution in [3.63, 3.8) is 0 Å². The van der Waals surface area contributed by atoms with Crippen molar-refractivity contribution in [3.05, 3.63) is 11.9 Å². The largest absolute Gasteiger partial charge is 0.384 e. The summed E-state index contributed by atoms with van der Waals surface area (Å²) in [5.74, 6) is 2.95. The summed E-state index contributed by atoms with van der Waals surface area (Å²) in [4.78, 5) is 10.9. The zero-order chi connectivity index (χ0) is 12.8. The molecule has 0 aliphatic rings. The van der Waals surface area contributed by atoms with Gasteiger partial charge in [-0.2, -0.15) is 0 Å². The summed E-state index contributed by atoms with van der Waals surface area (Å²) in [5, 5.41) is 0. The first kappa shape index (κ1) is 13.7. The van der Waals surface area contributed by atoms with Crippen molar-refractivity contribution < 1.29 is 0 Å². The molecule has 17 heavy (non-hydrogen) atoms. The molecule has 0 unspecified atom stereocenters. The molecule has 0 amide bonds. The van der Waals surface area contributed by atoms with E-state index in [4.69, 9.17) is 5.73 Å². The van der Waals surface area contributed by atoms with Crippen molar-refractivity contribution in [1.29, 1.82) is 0 Å². The van der Waals surface area contributed by atoms with E-state index in [0.717, 1.165) is 24.7 Å². The number of rotatable bonds is 6. The Bertz CT molecular complexity index is 327. The Labute approximate surface area is 104 Å². The summed E-state index contributed by atoms with van der Waals surface area (Å²) in [6, 6.07) is 1.86. The molecule has 0 aliphatic heterocycles. The molecule has 1 rings (SSSR count). The smallest absolute Gasteiger partial charge is 0.134 e. The average Bonchev–Trinajstić information content (AvgIpc) is 2.29. The number of nitrogens with zero attached hydrogens (tertiary/aromatic N) is 3. The van der Waals surface area contributed by atoms with Crippen LogP contribution in [-0.4, -0.2) is 23.1 Å². The first-order chi connectivity index (χ1) is 8.10.